The van der Waals surface area contributed by atoms with Crippen molar-refractivity contribution in [3.8, 4) is 0 Å². The zero-order valence-electron chi connectivity index (χ0n) is 10.8. The SMILES string of the molecule is CNC(C)(C)c1ccc(N2CCCC2=O)cc1. The Labute approximate surface area is 103 Å². The molecule has 3 nitrogen and oxygen atoms in total. The van der Waals surface area contributed by atoms with E-state index in [-0.39, 0.29) is 11.4 Å². The highest BCUT2D eigenvalue weighted by atomic mass is 16.2. The quantitative estimate of drug-likeness (QED) is 0.867. The second kappa shape index (κ2) is 4.49. The molecule has 0 spiro atoms. The van der Waals surface area contributed by atoms with Gasteiger partial charge in [-0.25, -0.2) is 0 Å². The lowest BCUT2D eigenvalue weighted by Gasteiger charge is -2.25. The number of amides is 1. The van der Waals surface area contributed by atoms with Gasteiger partial charge in [0.2, 0.25) is 5.91 Å². The summed E-state index contributed by atoms with van der Waals surface area (Å²) < 4.78 is 0. The molecule has 92 valence electrons. The van der Waals surface area contributed by atoms with E-state index < -0.39 is 0 Å². The number of nitrogens with zero attached hydrogens (tertiary/aromatic N) is 1. The van der Waals surface area contributed by atoms with E-state index >= 15 is 0 Å². The van der Waals surface area contributed by atoms with Gasteiger partial charge in [-0.05, 0) is 45.0 Å². The number of nitrogens with one attached hydrogen (secondary N) is 1. The van der Waals surface area contributed by atoms with Crippen LogP contribution >= 0.6 is 0 Å². The standard InChI is InChI=1S/C14H20N2O/c1-14(2,15-3)11-6-8-12(9-7-11)16-10-4-5-13(16)17/h6-9,15H,4-5,10H2,1-3H3. The van der Waals surface area contributed by atoms with E-state index in [1.807, 2.05) is 24.1 Å². The first kappa shape index (κ1) is 12.1. The summed E-state index contributed by atoms with van der Waals surface area (Å²) in [5, 5.41) is 3.27. The summed E-state index contributed by atoms with van der Waals surface area (Å²) in [5.74, 6) is 0.241. The molecule has 0 radical (unpaired) electrons. The first-order valence-corrected chi connectivity index (χ1v) is 6.14. The van der Waals surface area contributed by atoms with Gasteiger partial charge in [0.05, 0.1) is 0 Å². The van der Waals surface area contributed by atoms with Crippen molar-refractivity contribution in [3.05, 3.63) is 29.8 Å². The monoisotopic (exact) mass is 232 g/mol. The molecule has 0 saturated carbocycles. The molecule has 1 saturated heterocycles. The van der Waals surface area contributed by atoms with Crippen molar-refractivity contribution in [3.63, 3.8) is 0 Å². The predicted octanol–water partition coefficient (Wildman–Crippen LogP) is 2.27. The third kappa shape index (κ3) is 2.34. The molecule has 17 heavy (non-hydrogen) atoms. The van der Waals surface area contributed by atoms with Gasteiger partial charge in [-0.1, -0.05) is 12.1 Å². The lowest BCUT2D eigenvalue weighted by atomic mass is 9.94. The number of hydrogen-bond donors (Lipinski definition) is 1. The van der Waals surface area contributed by atoms with Crippen molar-refractivity contribution in [1.82, 2.24) is 5.32 Å². The molecule has 3 heteroatoms. The third-order valence-corrected chi connectivity index (χ3v) is 3.60. The van der Waals surface area contributed by atoms with Gasteiger partial charge in [-0.3, -0.25) is 4.79 Å². The summed E-state index contributed by atoms with van der Waals surface area (Å²) in [6.45, 7) is 5.14. The van der Waals surface area contributed by atoms with E-state index in [4.69, 9.17) is 0 Å². The Balaban J connectivity index is 2.21. The minimum absolute atomic E-state index is 0.0342. The van der Waals surface area contributed by atoms with Crippen LogP contribution in [0.5, 0.6) is 0 Å². The van der Waals surface area contributed by atoms with Crippen molar-refractivity contribution >= 4 is 11.6 Å². The summed E-state index contributed by atoms with van der Waals surface area (Å²) in [7, 11) is 1.96. The van der Waals surface area contributed by atoms with Crippen LogP contribution in [-0.4, -0.2) is 19.5 Å². The molecule has 2 rings (SSSR count). The Morgan fingerprint density at radius 1 is 1.24 bits per heavy atom. The Bertz CT molecular complexity index is 409. The molecule has 0 aliphatic carbocycles. The first-order chi connectivity index (χ1) is 8.04. The fourth-order valence-electron chi connectivity index (χ4n) is 2.12. The van der Waals surface area contributed by atoms with Crippen LogP contribution in [0.25, 0.3) is 0 Å². The number of carbonyl (C=O) groups excluding carboxylic acids is 1. The van der Waals surface area contributed by atoms with E-state index in [0.717, 1.165) is 18.7 Å². The summed E-state index contributed by atoms with van der Waals surface area (Å²) in [4.78, 5) is 13.5. The Hall–Kier alpha value is -1.35. The van der Waals surface area contributed by atoms with Crippen molar-refractivity contribution in [2.24, 2.45) is 0 Å². The lowest BCUT2D eigenvalue weighted by molar-refractivity contribution is -0.117. The van der Waals surface area contributed by atoms with E-state index in [2.05, 4.69) is 31.3 Å². The van der Waals surface area contributed by atoms with Gasteiger partial charge in [0, 0.05) is 24.2 Å². The topological polar surface area (TPSA) is 32.3 Å². The van der Waals surface area contributed by atoms with Crippen LogP contribution in [-0.2, 0) is 10.3 Å². The maximum Gasteiger partial charge on any atom is 0.227 e. The highest BCUT2D eigenvalue weighted by Gasteiger charge is 2.22. The van der Waals surface area contributed by atoms with Crippen LogP contribution in [0.2, 0.25) is 0 Å². The van der Waals surface area contributed by atoms with Gasteiger partial charge in [-0.2, -0.15) is 0 Å². The van der Waals surface area contributed by atoms with Crippen LogP contribution in [0.3, 0.4) is 0 Å². The first-order valence-electron chi connectivity index (χ1n) is 6.14. The number of anilines is 1. The van der Waals surface area contributed by atoms with E-state index in [0.29, 0.717) is 6.42 Å². The molecule has 1 fully saturated rings. The highest BCUT2D eigenvalue weighted by Crippen LogP contribution is 2.25. The van der Waals surface area contributed by atoms with E-state index in [1.54, 1.807) is 0 Å². The van der Waals surface area contributed by atoms with Gasteiger partial charge in [-0.15, -0.1) is 0 Å². The summed E-state index contributed by atoms with van der Waals surface area (Å²) >= 11 is 0. The third-order valence-electron chi connectivity index (χ3n) is 3.60. The average molecular weight is 232 g/mol. The van der Waals surface area contributed by atoms with Crippen molar-refractivity contribution in [1.29, 1.82) is 0 Å². The number of hydrogen-bond acceptors (Lipinski definition) is 2. The van der Waals surface area contributed by atoms with Gasteiger partial charge in [0.15, 0.2) is 0 Å². The molecule has 0 atom stereocenters. The van der Waals surface area contributed by atoms with E-state index in [9.17, 15) is 4.79 Å². The minimum Gasteiger partial charge on any atom is -0.312 e. The Kier molecular flexibility index (Phi) is 3.20. The molecule has 0 aromatic heterocycles. The van der Waals surface area contributed by atoms with Crippen molar-refractivity contribution in [2.45, 2.75) is 32.2 Å². The molecular weight excluding hydrogens is 212 g/mol. The van der Waals surface area contributed by atoms with Crippen LogP contribution in [0.15, 0.2) is 24.3 Å². The van der Waals surface area contributed by atoms with Gasteiger partial charge in [0.1, 0.15) is 0 Å². The molecule has 1 aliphatic rings. The normalized spacial score (nSPS) is 16.6. The second-order valence-corrected chi connectivity index (χ2v) is 5.07. The van der Waals surface area contributed by atoms with Crippen molar-refractivity contribution in [2.75, 3.05) is 18.5 Å². The summed E-state index contributed by atoms with van der Waals surface area (Å²) in [6, 6.07) is 8.27. The van der Waals surface area contributed by atoms with Gasteiger partial charge < -0.3 is 10.2 Å². The van der Waals surface area contributed by atoms with Crippen LogP contribution < -0.4 is 10.2 Å². The highest BCUT2D eigenvalue weighted by molar-refractivity contribution is 5.95. The second-order valence-electron chi connectivity index (χ2n) is 5.07. The Morgan fingerprint density at radius 2 is 1.88 bits per heavy atom. The summed E-state index contributed by atoms with van der Waals surface area (Å²) in [5.41, 5.74) is 2.21. The van der Waals surface area contributed by atoms with Crippen LogP contribution in [0.1, 0.15) is 32.3 Å². The van der Waals surface area contributed by atoms with Crippen LogP contribution in [0, 0.1) is 0 Å². The molecule has 1 amide bonds. The molecule has 1 N–H and O–H groups in total. The molecule has 1 aromatic carbocycles. The molecule has 1 aliphatic heterocycles. The fraction of sp³-hybridized carbons (Fsp3) is 0.500. The Morgan fingerprint density at radius 3 is 2.35 bits per heavy atom. The molecular formula is C14H20N2O. The van der Waals surface area contributed by atoms with Gasteiger partial charge >= 0.3 is 0 Å². The van der Waals surface area contributed by atoms with Gasteiger partial charge in [0.25, 0.3) is 0 Å². The zero-order valence-corrected chi connectivity index (χ0v) is 10.8. The summed E-state index contributed by atoms with van der Waals surface area (Å²) in [6.07, 6.45) is 1.66. The maximum atomic E-state index is 11.6. The molecule has 0 bridgehead atoms. The molecule has 0 unspecified atom stereocenters. The smallest absolute Gasteiger partial charge is 0.227 e. The molecule has 1 heterocycles. The van der Waals surface area contributed by atoms with Crippen LogP contribution in [0.4, 0.5) is 5.69 Å². The predicted molar refractivity (Wildman–Crippen MR) is 70.1 cm³/mol. The number of benzene rings is 1. The number of rotatable bonds is 3. The largest absolute Gasteiger partial charge is 0.312 e. The minimum atomic E-state index is -0.0342. The lowest BCUT2D eigenvalue weighted by Crippen LogP contribution is -2.33. The number of carbonyl (C=O) groups is 1. The van der Waals surface area contributed by atoms with E-state index in [1.165, 1.54) is 5.56 Å². The van der Waals surface area contributed by atoms with Crippen molar-refractivity contribution < 1.29 is 4.79 Å². The zero-order chi connectivity index (χ0) is 12.5. The fourth-order valence-corrected chi connectivity index (χ4v) is 2.12. The molecule has 1 aromatic rings. The maximum absolute atomic E-state index is 11.6. The average Bonchev–Trinajstić information content (AvgIpc) is 2.76.